The van der Waals surface area contributed by atoms with Gasteiger partial charge in [-0.2, -0.15) is 0 Å². The van der Waals surface area contributed by atoms with E-state index >= 15 is 0 Å². The normalized spacial score (nSPS) is 25.5. The number of carbonyl (C=O) groups excluding carboxylic acids is 1. The lowest BCUT2D eigenvalue weighted by Crippen LogP contribution is -2.38. The highest BCUT2D eigenvalue weighted by molar-refractivity contribution is 6.30. The smallest absolute Gasteiger partial charge is 0.230 e. The molecule has 1 aromatic carbocycles. The second-order valence-corrected chi connectivity index (χ2v) is 7.99. The number of ether oxygens (including phenoxy) is 2. The van der Waals surface area contributed by atoms with Gasteiger partial charge in [0.2, 0.25) is 5.91 Å². The molecule has 1 amide bonds. The fraction of sp³-hybridized carbons (Fsp3) is 0.550. The molecule has 1 atom stereocenters. The van der Waals surface area contributed by atoms with Gasteiger partial charge in [-0.05, 0) is 49.2 Å². The number of amides is 1. The summed E-state index contributed by atoms with van der Waals surface area (Å²) < 4.78 is 11.0. The number of likely N-dealkylation sites (tertiary alicyclic amines) is 2. The van der Waals surface area contributed by atoms with Crippen molar-refractivity contribution >= 4 is 23.6 Å². The minimum absolute atomic E-state index is 0.189. The Labute approximate surface area is 159 Å². The SMILES string of the molecule is COCCN1CCC2(CCN(CC3=Cc4cc(Cl)ccc4OC3)C2)C1=O. The molecule has 2 saturated heterocycles. The molecule has 3 aliphatic heterocycles. The highest BCUT2D eigenvalue weighted by atomic mass is 35.5. The molecule has 26 heavy (non-hydrogen) atoms. The predicted molar refractivity (Wildman–Crippen MR) is 101 cm³/mol. The first-order chi connectivity index (χ1) is 12.6. The van der Waals surface area contributed by atoms with Crippen LogP contribution in [0.1, 0.15) is 18.4 Å². The summed E-state index contributed by atoms with van der Waals surface area (Å²) in [7, 11) is 1.68. The quantitative estimate of drug-likeness (QED) is 0.792. The molecule has 5 nitrogen and oxygen atoms in total. The van der Waals surface area contributed by atoms with Crippen LogP contribution in [0.3, 0.4) is 0 Å². The summed E-state index contributed by atoms with van der Waals surface area (Å²) in [5.41, 5.74) is 2.08. The number of benzene rings is 1. The molecule has 0 bridgehead atoms. The minimum Gasteiger partial charge on any atom is -0.489 e. The first-order valence-electron chi connectivity index (χ1n) is 9.22. The average molecular weight is 377 g/mol. The molecule has 0 radical (unpaired) electrons. The first-order valence-corrected chi connectivity index (χ1v) is 9.60. The van der Waals surface area contributed by atoms with E-state index in [4.69, 9.17) is 21.1 Å². The molecule has 3 aliphatic rings. The van der Waals surface area contributed by atoms with Crippen molar-refractivity contribution in [2.75, 3.05) is 53.0 Å². The molecule has 6 heteroatoms. The number of hydrogen-bond donors (Lipinski definition) is 0. The van der Waals surface area contributed by atoms with Gasteiger partial charge in [0, 0.05) is 43.9 Å². The maximum atomic E-state index is 12.9. The van der Waals surface area contributed by atoms with Gasteiger partial charge < -0.3 is 14.4 Å². The minimum atomic E-state index is -0.189. The Kier molecular flexibility index (Phi) is 4.95. The Morgan fingerprint density at radius 3 is 3.00 bits per heavy atom. The summed E-state index contributed by atoms with van der Waals surface area (Å²) in [6, 6.07) is 5.71. The van der Waals surface area contributed by atoms with E-state index in [9.17, 15) is 4.79 Å². The molecule has 1 spiro atoms. The van der Waals surface area contributed by atoms with Crippen molar-refractivity contribution < 1.29 is 14.3 Å². The fourth-order valence-corrected chi connectivity index (χ4v) is 4.53. The van der Waals surface area contributed by atoms with Crippen LogP contribution >= 0.6 is 11.6 Å². The van der Waals surface area contributed by atoms with E-state index in [1.807, 2.05) is 23.1 Å². The van der Waals surface area contributed by atoms with Crippen LogP contribution < -0.4 is 4.74 Å². The number of methoxy groups -OCH3 is 1. The Hall–Kier alpha value is -1.56. The predicted octanol–water partition coefficient (Wildman–Crippen LogP) is 2.69. The molecule has 0 aromatic heterocycles. The molecule has 0 aliphatic carbocycles. The van der Waals surface area contributed by atoms with Gasteiger partial charge in [-0.25, -0.2) is 0 Å². The van der Waals surface area contributed by atoms with Crippen LogP contribution in [0.4, 0.5) is 0 Å². The standard InChI is InChI=1S/C20H25ClN2O3/c1-25-9-8-23-7-5-20(19(23)24)4-6-22(14-20)12-15-10-16-11-17(21)2-3-18(16)26-13-15/h2-3,10-11H,4-9,12-14H2,1H3. The van der Waals surface area contributed by atoms with E-state index < -0.39 is 0 Å². The summed E-state index contributed by atoms with van der Waals surface area (Å²) in [6.07, 6.45) is 4.09. The van der Waals surface area contributed by atoms with Gasteiger partial charge in [0.25, 0.3) is 0 Å². The van der Waals surface area contributed by atoms with Crippen molar-refractivity contribution in [1.29, 1.82) is 0 Å². The zero-order chi connectivity index (χ0) is 18.1. The number of hydrogen-bond acceptors (Lipinski definition) is 4. The average Bonchev–Trinajstić information content (AvgIpc) is 3.18. The molecule has 3 heterocycles. The Morgan fingerprint density at radius 1 is 1.31 bits per heavy atom. The van der Waals surface area contributed by atoms with E-state index in [0.717, 1.165) is 55.4 Å². The zero-order valence-electron chi connectivity index (χ0n) is 15.2. The van der Waals surface area contributed by atoms with Gasteiger partial charge in [-0.15, -0.1) is 0 Å². The van der Waals surface area contributed by atoms with E-state index in [0.29, 0.717) is 25.7 Å². The van der Waals surface area contributed by atoms with Crippen LogP contribution in [0.25, 0.3) is 6.08 Å². The summed E-state index contributed by atoms with van der Waals surface area (Å²) in [6.45, 7) is 5.42. The van der Waals surface area contributed by atoms with Crippen molar-refractivity contribution in [1.82, 2.24) is 9.80 Å². The number of nitrogens with zero attached hydrogens (tertiary/aromatic N) is 2. The molecule has 1 unspecified atom stereocenters. The third-order valence-corrected chi connectivity index (χ3v) is 6.01. The zero-order valence-corrected chi connectivity index (χ0v) is 15.9. The maximum Gasteiger partial charge on any atom is 0.230 e. The highest BCUT2D eigenvalue weighted by Gasteiger charge is 2.50. The molecule has 2 fully saturated rings. The van der Waals surface area contributed by atoms with E-state index in [2.05, 4.69) is 11.0 Å². The third kappa shape index (κ3) is 3.36. The van der Waals surface area contributed by atoms with Crippen molar-refractivity contribution in [3.63, 3.8) is 0 Å². The molecule has 4 rings (SSSR count). The first kappa shape index (κ1) is 17.8. The van der Waals surface area contributed by atoms with Gasteiger partial charge in [-0.1, -0.05) is 11.6 Å². The van der Waals surface area contributed by atoms with E-state index in [1.165, 1.54) is 5.57 Å². The maximum absolute atomic E-state index is 12.9. The highest BCUT2D eigenvalue weighted by Crippen LogP contribution is 2.41. The second kappa shape index (κ2) is 7.22. The van der Waals surface area contributed by atoms with Crippen molar-refractivity contribution in [3.05, 3.63) is 34.4 Å². The Balaban J connectivity index is 1.40. The van der Waals surface area contributed by atoms with Crippen molar-refractivity contribution in [2.24, 2.45) is 5.41 Å². The Bertz CT molecular complexity index is 736. The fourth-order valence-electron chi connectivity index (χ4n) is 4.35. The number of fused-ring (bicyclic) bond motifs is 1. The molecular weight excluding hydrogens is 352 g/mol. The number of rotatable bonds is 5. The summed E-state index contributed by atoms with van der Waals surface area (Å²) in [5.74, 6) is 1.19. The largest absolute Gasteiger partial charge is 0.489 e. The van der Waals surface area contributed by atoms with Crippen LogP contribution in [0.5, 0.6) is 5.75 Å². The third-order valence-electron chi connectivity index (χ3n) is 5.77. The van der Waals surface area contributed by atoms with Crippen LogP contribution in [0.2, 0.25) is 5.02 Å². The Morgan fingerprint density at radius 2 is 2.15 bits per heavy atom. The number of halogens is 1. The van der Waals surface area contributed by atoms with Crippen molar-refractivity contribution in [2.45, 2.75) is 12.8 Å². The van der Waals surface area contributed by atoms with Gasteiger partial charge in [0.15, 0.2) is 0 Å². The van der Waals surface area contributed by atoms with E-state index in [1.54, 1.807) is 7.11 Å². The van der Waals surface area contributed by atoms with Gasteiger partial charge in [0.1, 0.15) is 12.4 Å². The molecule has 0 N–H and O–H groups in total. The monoisotopic (exact) mass is 376 g/mol. The van der Waals surface area contributed by atoms with Crippen LogP contribution in [-0.4, -0.2) is 68.8 Å². The summed E-state index contributed by atoms with van der Waals surface area (Å²) in [4.78, 5) is 17.2. The molecule has 140 valence electrons. The second-order valence-electron chi connectivity index (χ2n) is 7.55. The van der Waals surface area contributed by atoms with Crippen LogP contribution in [0, 0.1) is 5.41 Å². The van der Waals surface area contributed by atoms with Crippen LogP contribution in [0.15, 0.2) is 23.8 Å². The van der Waals surface area contributed by atoms with Crippen molar-refractivity contribution in [3.8, 4) is 5.75 Å². The summed E-state index contributed by atoms with van der Waals surface area (Å²) >= 11 is 6.10. The lowest BCUT2D eigenvalue weighted by Gasteiger charge is -2.25. The molecular formula is C20H25ClN2O3. The van der Waals surface area contributed by atoms with Gasteiger partial charge in [0.05, 0.1) is 12.0 Å². The summed E-state index contributed by atoms with van der Waals surface area (Å²) in [5, 5.41) is 0.720. The number of carbonyl (C=O) groups is 1. The van der Waals surface area contributed by atoms with Crippen LogP contribution in [-0.2, 0) is 9.53 Å². The van der Waals surface area contributed by atoms with Gasteiger partial charge in [-0.3, -0.25) is 9.69 Å². The lowest BCUT2D eigenvalue weighted by atomic mass is 9.85. The molecule has 1 aromatic rings. The topological polar surface area (TPSA) is 42.0 Å². The molecule has 0 saturated carbocycles. The lowest BCUT2D eigenvalue weighted by molar-refractivity contribution is -0.136. The van der Waals surface area contributed by atoms with Gasteiger partial charge >= 0.3 is 0 Å². The van der Waals surface area contributed by atoms with E-state index in [-0.39, 0.29) is 5.41 Å².